The maximum absolute atomic E-state index is 6.36. The van der Waals surface area contributed by atoms with E-state index in [0.29, 0.717) is 30.0 Å². The molecule has 0 aromatic carbocycles. The molecule has 1 heteroatoms. The topological polar surface area (TPSA) is 9.23 Å². The van der Waals surface area contributed by atoms with Gasteiger partial charge >= 0.3 is 0 Å². The molecule has 0 radical (unpaired) electrons. The van der Waals surface area contributed by atoms with Gasteiger partial charge in [0.05, 0.1) is 12.2 Å². The van der Waals surface area contributed by atoms with Gasteiger partial charge in [0.1, 0.15) is 0 Å². The van der Waals surface area contributed by atoms with Crippen molar-refractivity contribution >= 4 is 0 Å². The highest BCUT2D eigenvalue weighted by atomic mass is 16.5. The Kier molecular flexibility index (Phi) is 7.47. The third-order valence-corrected chi connectivity index (χ3v) is 6.47. The second kappa shape index (κ2) is 8.36. The van der Waals surface area contributed by atoms with Crippen LogP contribution in [0.5, 0.6) is 0 Å². The molecular weight excluding hydrogens is 256 g/mol. The van der Waals surface area contributed by atoms with Crippen molar-refractivity contribution in [3.05, 3.63) is 12.2 Å². The van der Waals surface area contributed by atoms with Gasteiger partial charge in [0.25, 0.3) is 0 Å². The van der Waals surface area contributed by atoms with Crippen molar-refractivity contribution in [2.75, 3.05) is 0 Å². The van der Waals surface area contributed by atoms with Crippen LogP contribution in [0.3, 0.4) is 0 Å². The van der Waals surface area contributed by atoms with Gasteiger partial charge in [-0.15, -0.1) is 0 Å². The maximum atomic E-state index is 6.36. The first-order valence-electron chi connectivity index (χ1n) is 9.17. The molecule has 1 rings (SSSR count). The smallest absolute Gasteiger partial charge is 0.0787 e. The summed E-state index contributed by atoms with van der Waals surface area (Å²) in [6.45, 7) is 18.7. The van der Waals surface area contributed by atoms with Crippen LogP contribution in [-0.2, 0) is 4.74 Å². The molecule has 0 aromatic heterocycles. The van der Waals surface area contributed by atoms with Gasteiger partial charge in [0.15, 0.2) is 0 Å². The zero-order valence-electron chi connectivity index (χ0n) is 15.6. The van der Waals surface area contributed by atoms with Crippen LogP contribution in [0.2, 0.25) is 0 Å². The third-order valence-electron chi connectivity index (χ3n) is 6.47. The van der Waals surface area contributed by atoms with E-state index in [4.69, 9.17) is 4.74 Å². The summed E-state index contributed by atoms with van der Waals surface area (Å²) in [6, 6.07) is 0. The lowest BCUT2D eigenvalue weighted by Crippen LogP contribution is -2.43. The molecule has 1 aliphatic rings. The van der Waals surface area contributed by atoms with E-state index >= 15 is 0 Å². The lowest BCUT2D eigenvalue weighted by atomic mass is 9.75. The van der Waals surface area contributed by atoms with Crippen molar-refractivity contribution in [3.63, 3.8) is 0 Å². The third kappa shape index (κ3) is 4.58. The lowest BCUT2D eigenvalue weighted by Gasteiger charge is -2.43. The van der Waals surface area contributed by atoms with Crippen LogP contribution < -0.4 is 0 Å². The fraction of sp³-hybridized carbons (Fsp3) is 0.900. The molecule has 1 aliphatic heterocycles. The first-order valence-corrected chi connectivity index (χ1v) is 9.17. The minimum absolute atomic E-state index is 0.299. The quantitative estimate of drug-likeness (QED) is 0.550. The average Bonchev–Trinajstić information content (AvgIpc) is 2.50. The summed E-state index contributed by atoms with van der Waals surface area (Å²) >= 11 is 0. The highest BCUT2D eigenvalue weighted by molar-refractivity contribution is 5.00. The Labute approximate surface area is 133 Å². The van der Waals surface area contributed by atoms with Gasteiger partial charge in [-0.3, -0.25) is 0 Å². The van der Waals surface area contributed by atoms with E-state index in [1.54, 1.807) is 0 Å². The molecule has 1 nitrogen and oxygen atoms in total. The Balaban J connectivity index is 2.69. The van der Waals surface area contributed by atoms with Gasteiger partial charge in [0, 0.05) is 0 Å². The van der Waals surface area contributed by atoms with Gasteiger partial charge in [-0.25, -0.2) is 0 Å². The minimum atomic E-state index is 0.299. The second-order valence-corrected chi connectivity index (χ2v) is 7.61. The summed E-state index contributed by atoms with van der Waals surface area (Å²) in [5, 5.41) is 0. The Hall–Kier alpha value is -0.300. The molecule has 8 atom stereocenters. The summed E-state index contributed by atoms with van der Waals surface area (Å²) in [5.74, 6) is 4.18. The number of ether oxygens (including phenoxy) is 1. The van der Waals surface area contributed by atoms with Crippen molar-refractivity contribution in [1.29, 1.82) is 0 Å². The molecule has 1 fully saturated rings. The highest BCUT2D eigenvalue weighted by Crippen LogP contribution is 2.37. The summed E-state index contributed by atoms with van der Waals surface area (Å²) < 4.78 is 6.36. The van der Waals surface area contributed by atoms with Crippen molar-refractivity contribution in [1.82, 2.24) is 0 Å². The predicted octanol–water partition coefficient (Wildman–Crippen LogP) is 5.95. The Morgan fingerprint density at radius 2 is 1.57 bits per heavy atom. The molecule has 1 saturated heterocycles. The van der Waals surface area contributed by atoms with Gasteiger partial charge in [0.2, 0.25) is 0 Å². The monoisotopic (exact) mass is 294 g/mol. The largest absolute Gasteiger partial charge is 0.370 e. The summed E-state index contributed by atoms with van der Waals surface area (Å²) in [6.07, 6.45) is 7.89. The molecule has 1 heterocycles. The fourth-order valence-electron chi connectivity index (χ4n) is 3.60. The molecule has 0 aromatic rings. The van der Waals surface area contributed by atoms with E-state index in [1.165, 1.54) is 6.42 Å². The van der Waals surface area contributed by atoms with Crippen LogP contribution >= 0.6 is 0 Å². The molecule has 21 heavy (non-hydrogen) atoms. The lowest BCUT2D eigenvalue weighted by molar-refractivity contribution is -0.113. The van der Waals surface area contributed by atoms with Crippen molar-refractivity contribution in [2.24, 2.45) is 35.5 Å². The van der Waals surface area contributed by atoms with Crippen molar-refractivity contribution in [2.45, 2.75) is 80.4 Å². The van der Waals surface area contributed by atoms with Crippen molar-refractivity contribution in [3.8, 4) is 0 Å². The average molecular weight is 295 g/mol. The molecule has 3 unspecified atom stereocenters. The first-order chi connectivity index (χ1) is 9.83. The zero-order chi connectivity index (χ0) is 16.2. The molecule has 0 N–H and O–H groups in total. The van der Waals surface area contributed by atoms with E-state index in [0.717, 1.165) is 24.2 Å². The Bertz CT molecular complexity index is 320. The fourth-order valence-corrected chi connectivity index (χ4v) is 3.60. The molecule has 0 saturated carbocycles. The van der Waals surface area contributed by atoms with E-state index in [-0.39, 0.29) is 0 Å². The predicted molar refractivity (Wildman–Crippen MR) is 93.4 cm³/mol. The van der Waals surface area contributed by atoms with Gasteiger partial charge in [-0.1, -0.05) is 74.0 Å². The molecule has 0 aliphatic carbocycles. The van der Waals surface area contributed by atoms with Crippen LogP contribution in [0, 0.1) is 35.5 Å². The summed E-state index contributed by atoms with van der Waals surface area (Å²) in [4.78, 5) is 0. The van der Waals surface area contributed by atoms with E-state index < -0.39 is 0 Å². The maximum Gasteiger partial charge on any atom is 0.0787 e. The standard InChI is InChI=1S/C20H38O/c1-9-13(3)15(5)14(4)11-12-20-18(8)16(6)17(7)19(10-2)21-20/h11-20H,9-10H2,1-8H3/b12-11-/t13-,14+,15-,16?,17-,18?,19?,20-/m1/s1. The van der Waals surface area contributed by atoms with Crippen LogP contribution in [0.25, 0.3) is 0 Å². The number of allylic oxidation sites excluding steroid dienone is 1. The van der Waals surface area contributed by atoms with Gasteiger partial charge in [-0.2, -0.15) is 0 Å². The van der Waals surface area contributed by atoms with Gasteiger partial charge < -0.3 is 4.74 Å². The van der Waals surface area contributed by atoms with E-state index in [9.17, 15) is 0 Å². The Morgan fingerprint density at radius 3 is 2.10 bits per heavy atom. The highest BCUT2D eigenvalue weighted by Gasteiger charge is 2.36. The summed E-state index contributed by atoms with van der Waals surface area (Å²) in [7, 11) is 0. The molecule has 0 amide bonds. The normalized spacial score (nSPS) is 38.4. The van der Waals surface area contributed by atoms with Gasteiger partial charge in [-0.05, 0) is 41.9 Å². The molecule has 0 spiro atoms. The number of hydrogen-bond donors (Lipinski definition) is 0. The second-order valence-electron chi connectivity index (χ2n) is 7.61. The SMILES string of the molecule is CCC1O[C@H](/C=C\[C@H](C)[C@H](C)[C@H](C)CC)C(C)C(C)[C@H]1C. The zero-order valence-corrected chi connectivity index (χ0v) is 15.6. The molecule has 124 valence electrons. The number of hydrogen-bond acceptors (Lipinski definition) is 1. The summed E-state index contributed by atoms with van der Waals surface area (Å²) in [5.41, 5.74) is 0. The van der Waals surface area contributed by atoms with Crippen molar-refractivity contribution < 1.29 is 4.74 Å². The van der Waals surface area contributed by atoms with E-state index in [2.05, 4.69) is 67.5 Å². The van der Waals surface area contributed by atoms with Crippen LogP contribution in [0.15, 0.2) is 12.2 Å². The van der Waals surface area contributed by atoms with Crippen LogP contribution in [-0.4, -0.2) is 12.2 Å². The molecular formula is C20H38O. The van der Waals surface area contributed by atoms with Crippen LogP contribution in [0.1, 0.15) is 68.2 Å². The molecule has 0 bridgehead atoms. The Morgan fingerprint density at radius 1 is 0.952 bits per heavy atom. The number of rotatable bonds is 6. The minimum Gasteiger partial charge on any atom is -0.370 e. The van der Waals surface area contributed by atoms with E-state index in [1.807, 2.05) is 0 Å². The van der Waals surface area contributed by atoms with Crippen LogP contribution in [0.4, 0.5) is 0 Å². The first kappa shape index (κ1) is 18.7.